The van der Waals surface area contributed by atoms with Crippen molar-refractivity contribution in [1.82, 2.24) is 10.3 Å². The number of nitrogens with one attached hydrogen (secondary N) is 1. The molecule has 0 bridgehead atoms. The Kier molecular flexibility index (Phi) is 5.26. The normalized spacial score (nSPS) is 25.0. The van der Waals surface area contributed by atoms with Gasteiger partial charge in [-0.15, -0.1) is 0 Å². The van der Waals surface area contributed by atoms with Crippen LogP contribution in [0, 0.1) is 11.3 Å². The van der Waals surface area contributed by atoms with Crippen molar-refractivity contribution in [1.29, 1.82) is 0 Å². The average Bonchev–Trinajstić information content (AvgIpc) is 2.34. The van der Waals surface area contributed by atoms with Crippen molar-refractivity contribution in [2.75, 3.05) is 0 Å². The van der Waals surface area contributed by atoms with Gasteiger partial charge in [-0.05, 0) is 36.7 Å². The third kappa shape index (κ3) is 5.31. The quantitative estimate of drug-likeness (QED) is 0.883. The van der Waals surface area contributed by atoms with Crippen LogP contribution in [0.25, 0.3) is 0 Å². The largest absolute Gasteiger partial charge is 0.490 e. The van der Waals surface area contributed by atoms with Gasteiger partial charge in [-0.25, -0.2) is 0 Å². The molecule has 1 aliphatic carbocycles. The number of hydrogen-bond acceptors (Lipinski definition) is 3. The minimum absolute atomic E-state index is 0.331. The van der Waals surface area contributed by atoms with Crippen molar-refractivity contribution >= 4 is 0 Å². The van der Waals surface area contributed by atoms with Gasteiger partial charge in [0.15, 0.2) is 0 Å². The summed E-state index contributed by atoms with van der Waals surface area (Å²) < 4.78 is 6.24. The minimum atomic E-state index is 0.331. The van der Waals surface area contributed by atoms with Crippen LogP contribution < -0.4 is 10.1 Å². The summed E-state index contributed by atoms with van der Waals surface area (Å²) in [5.41, 5.74) is 1.43. The van der Waals surface area contributed by atoms with Gasteiger partial charge in [0.25, 0.3) is 0 Å². The lowest BCUT2D eigenvalue weighted by molar-refractivity contribution is 0.0561. The Bertz CT molecular complexity index is 456. The van der Waals surface area contributed by atoms with Crippen molar-refractivity contribution in [2.45, 2.75) is 72.6 Å². The lowest BCUT2D eigenvalue weighted by atomic mass is 9.71. The molecule has 1 heterocycles. The van der Waals surface area contributed by atoms with Gasteiger partial charge in [-0.3, -0.25) is 4.98 Å². The summed E-state index contributed by atoms with van der Waals surface area (Å²) >= 11 is 0. The zero-order valence-electron chi connectivity index (χ0n) is 14.1. The summed E-state index contributed by atoms with van der Waals surface area (Å²) in [6.07, 6.45) is 5.78. The smallest absolute Gasteiger partial charge is 0.123 e. The molecule has 1 saturated carbocycles. The molecule has 2 atom stereocenters. The summed E-state index contributed by atoms with van der Waals surface area (Å²) in [6.45, 7) is 12.1. The Labute approximate surface area is 129 Å². The van der Waals surface area contributed by atoms with E-state index in [0.29, 0.717) is 17.6 Å². The van der Waals surface area contributed by atoms with Crippen molar-refractivity contribution in [2.24, 2.45) is 11.3 Å². The van der Waals surface area contributed by atoms with Crippen molar-refractivity contribution < 1.29 is 4.74 Å². The van der Waals surface area contributed by atoms with Gasteiger partial charge in [-0.1, -0.05) is 34.6 Å². The fraction of sp³-hybridized carbons (Fsp3) is 0.722. The van der Waals surface area contributed by atoms with Crippen molar-refractivity contribution in [3.8, 4) is 5.75 Å². The summed E-state index contributed by atoms with van der Waals surface area (Å²) in [5.74, 6) is 1.70. The number of pyridine rings is 1. The molecule has 2 unspecified atom stereocenters. The van der Waals surface area contributed by atoms with E-state index in [9.17, 15) is 0 Å². The van der Waals surface area contributed by atoms with E-state index in [4.69, 9.17) is 4.74 Å². The van der Waals surface area contributed by atoms with Crippen LogP contribution in [0.4, 0.5) is 0 Å². The molecule has 1 aromatic heterocycles. The first-order chi connectivity index (χ1) is 9.84. The second-order valence-corrected chi connectivity index (χ2v) is 7.67. The molecule has 2 rings (SSSR count). The first-order valence-corrected chi connectivity index (χ1v) is 8.19. The molecule has 1 aromatic rings. The predicted octanol–water partition coefficient (Wildman–Crippen LogP) is 4.17. The van der Waals surface area contributed by atoms with Gasteiger partial charge >= 0.3 is 0 Å². The Hall–Kier alpha value is -1.09. The van der Waals surface area contributed by atoms with Crippen LogP contribution in [0.5, 0.6) is 5.75 Å². The Morgan fingerprint density at radius 2 is 2.14 bits per heavy atom. The molecule has 3 heteroatoms. The van der Waals surface area contributed by atoms with Gasteiger partial charge in [0, 0.05) is 24.8 Å². The maximum atomic E-state index is 6.24. The first-order valence-electron chi connectivity index (χ1n) is 8.19. The predicted molar refractivity (Wildman–Crippen MR) is 87.4 cm³/mol. The lowest BCUT2D eigenvalue weighted by Crippen LogP contribution is -2.34. The third-order valence-electron chi connectivity index (χ3n) is 4.13. The molecule has 0 saturated heterocycles. The summed E-state index contributed by atoms with van der Waals surface area (Å²) in [7, 11) is 0. The van der Waals surface area contributed by atoms with Crippen LogP contribution in [0.15, 0.2) is 18.3 Å². The number of hydrogen-bond donors (Lipinski definition) is 1. The van der Waals surface area contributed by atoms with Crippen LogP contribution in [0.1, 0.15) is 59.6 Å². The standard InChI is InChI=1S/C18H30N2O/c1-13(2)20-12-15-9-16(6-7-19-15)21-17-8-14(3)10-18(4,5)11-17/h6-7,9,13-14,17,20H,8,10-12H2,1-5H3. The zero-order valence-corrected chi connectivity index (χ0v) is 14.1. The third-order valence-corrected chi connectivity index (χ3v) is 4.13. The van der Waals surface area contributed by atoms with Crippen LogP contribution in [0.3, 0.4) is 0 Å². The van der Waals surface area contributed by atoms with E-state index in [1.807, 2.05) is 12.3 Å². The average molecular weight is 290 g/mol. The first kappa shape index (κ1) is 16.3. The topological polar surface area (TPSA) is 34.1 Å². The van der Waals surface area contributed by atoms with Crippen LogP contribution >= 0.6 is 0 Å². The Balaban J connectivity index is 1.97. The second kappa shape index (κ2) is 6.78. The molecule has 0 amide bonds. The molecule has 0 aromatic carbocycles. The van der Waals surface area contributed by atoms with Crippen LogP contribution in [-0.4, -0.2) is 17.1 Å². The molecule has 3 nitrogen and oxygen atoms in total. The second-order valence-electron chi connectivity index (χ2n) is 7.67. The number of aromatic nitrogens is 1. The zero-order chi connectivity index (χ0) is 15.5. The highest BCUT2D eigenvalue weighted by Crippen LogP contribution is 2.39. The van der Waals surface area contributed by atoms with E-state index in [0.717, 1.165) is 36.7 Å². The maximum Gasteiger partial charge on any atom is 0.123 e. The van der Waals surface area contributed by atoms with E-state index < -0.39 is 0 Å². The Morgan fingerprint density at radius 3 is 2.81 bits per heavy atom. The van der Waals surface area contributed by atoms with Gasteiger partial charge < -0.3 is 10.1 Å². The highest BCUT2D eigenvalue weighted by atomic mass is 16.5. The van der Waals surface area contributed by atoms with Gasteiger partial charge in [0.2, 0.25) is 0 Å². The molecular formula is C18H30N2O. The molecule has 0 aliphatic heterocycles. The number of ether oxygens (including phenoxy) is 1. The molecule has 118 valence electrons. The van der Waals surface area contributed by atoms with E-state index in [-0.39, 0.29) is 0 Å². The fourth-order valence-electron chi connectivity index (χ4n) is 3.48. The lowest BCUT2D eigenvalue weighted by Gasteiger charge is -2.38. The summed E-state index contributed by atoms with van der Waals surface area (Å²) in [4.78, 5) is 4.41. The summed E-state index contributed by atoms with van der Waals surface area (Å²) in [5, 5.41) is 3.39. The fourth-order valence-corrected chi connectivity index (χ4v) is 3.48. The van der Waals surface area contributed by atoms with Crippen molar-refractivity contribution in [3.05, 3.63) is 24.0 Å². The number of rotatable bonds is 5. The molecule has 1 aliphatic rings. The Morgan fingerprint density at radius 1 is 1.38 bits per heavy atom. The van der Waals surface area contributed by atoms with Gasteiger partial charge in [-0.2, -0.15) is 0 Å². The molecular weight excluding hydrogens is 260 g/mol. The van der Waals surface area contributed by atoms with Crippen LogP contribution in [-0.2, 0) is 6.54 Å². The van der Waals surface area contributed by atoms with E-state index in [1.165, 1.54) is 6.42 Å². The van der Waals surface area contributed by atoms with Crippen LogP contribution in [0.2, 0.25) is 0 Å². The van der Waals surface area contributed by atoms with Gasteiger partial charge in [0.05, 0.1) is 11.8 Å². The van der Waals surface area contributed by atoms with E-state index in [2.05, 4.69) is 51.0 Å². The monoisotopic (exact) mass is 290 g/mol. The molecule has 1 N–H and O–H groups in total. The summed E-state index contributed by atoms with van der Waals surface area (Å²) in [6, 6.07) is 4.52. The number of nitrogens with zero attached hydrogens (tertiary/aromatic N) is 1. The SMILES string of the molecule is CC1CC(Oc2ccnc(CNC(C)C)c2)CC(C)(C)C1. The molecule has 0 radical (unpaired) electrons. The highest BCUT2D eigenvalue weighted by Gasteiger charge is 2.33. The minimum Gasteiger partial charge on any atom is -0.490 e. The molecule has 1 fully saturated rings. The van der Waals surface area contributed by atoms with E-state index in [1.54, 1.807) is 0 Å². The molecule has 21 heavy (non-hydrogen) atoms. The maximum absolute atomic E-state index is 6.24. The molecule has 0 spiro atoms. The van der Waals surface area contributed by atoms with E-state index >= 15 is 0 Å². The van der Waals surface area contributed by atoms with Gasteiger partial charge in [0.1, 0.15) is 5.75 Å². The van der Waals surface area contributed by atoms with Crippen molar-refractivity contribution in [3.63, 3.8) is 0 Å². The highest BCUT2D eigenvalue weighted by molar-refractivity contribution is 5.23.